The molecule has 4 nitrogen and oxygen atoms in total. The summed E-state index contributed by atoms with van der Waals surface area (Å²) in [5.74, 6) is 0. The predicted octanol–water partition coefficient (Wildman–Crippen LogP) is 0.869. The van der Waals surface area contributed by atoms with E-state index in [0.717, 1.165) is 30.5 Å². The molecule has 0 saturated heterocycles. The molecular formula is C12H16N2O2S. The van der Waals surface area contributed by atoms with Gasteiger partial charge in [0.1, 0.15) is 0 Å². The summed E-state index contributed by atoms with van der Waals surface area (Å²) in [6.07, 6.45) is 2.33. The molecule has 1 saturated carbocycles. The number of benzene rings is 1. The van der Waals surface area contributed by atoms with Gasteiger partial charge < -0.3 is 5.73 Å². The summed E-state index contributed by atoms with van der Waals surface area (Å²) >= 11 is 0. The second kappa shape index (κ2) is 3.71. The van der Waals surface area contributed by atoms with Gasteiger partial charge >= 0.3 is 0 Å². The highest BCUT2D eigenvalue weighted by Gasteiger charge is 2.42. The molecule has 5 heteroatoms. The molecule has 0 amide bonds. The van der Waals surface area contributed by atoms with E-state index >= 15 is 0 Å². The maximum Gasteiger partial charge on any atom is 0.238 e. The molecule has 1 aromatic rings. The van der Waals surface area contributed by atoms with Gasteiger partial charge in [-0.15, -0.1) is 0 Å². The van der Waals surface area contributed by atoms with Crippen LogP contribution in [-0.2, 0) is 16.4 Å². The van der Waals surface area contributed by atoms with Gasteiger partial charge in [0.15, 0.2) is 0 Å². The van der Waals surface area contributed by atoms with Crippen molar-refractivity contribution in [3.63, 3.8) is 0 Å². The second-order valence-corrected chi connectivity index (χ2v) is 7.01. The Bertz CT molecular complexity index is 537. The van der Waals surface area contributed by atoms with Gasteiger partial charge in [-0.1, -0.05) is 18.2 Å². The molecule has 0 aromatic heterocycles. The van der Waals surface area contributed by atoms with E-state index in [1.807, 2.05) is 24.3 Å². The van der Waals surface area contributed by atoms with Crippen LogP contribution >= 0.6 is 0 Å². The van der Waals surface area contributed by atoms with Crippen LogP contribution in [0, 0.1) is 0 Å². The zero-order valence-electron chi connectivity index (χ0n) is 9.54. The van der Waals surface area contributed by atoms with Crippen molar-refractivity contribution < 1.29 is 8.42 Å². The molecule has 2 aliphatic rings. The molecule has 17 heavy (non-hydrogen) atoms. The highest BCUT2D eigenvalue weighted by atomic mass is 32.2. The molecule has 0 radical (unpaired) electrons. The summed E-state index contributed by atoms with van der Waals surface area (Å²) in [6, 6.07) is 7.55. The molecule has 0 spiro atoms. The van der Waals surface area contributed by atoms with Gasteiger partial charge in [0, 0.05) is 12.6 Å². The van der Waals surface area contributed by atoms with Gasteiger partial charge in [-0.3, -0.25) is 4.31 Å². The number of nitrogens with two attached hydrogens (primary N) is 1. The Balaban J connectivity index is 2.06. The largest absolute Gasteiger partial charge is 0.326 e. The Morgan fingerprint density at radius 2 is 1.94 bits per heavy atom. The normalized spacial score (nSPS) is 24.5. The van der Waals surface area contributed by atoms with E-state index in [1.54, 1.807) is 0 Å². The van der Waals surface area contributed by atoms with Crippen LogP contribution in [-0.4, -0.2) is 26.3 Å². The Kier molecular flexibility index (Phi) is 2.41. The van der Waals surface area contributed by atoms with Crippen LogP contribution in [0.2, 0.25) is 0 Å². The minimum atomic E-state index is -3.18. The summed E-state index contributed by atoms with van der Waals surface area (Å²) in [4.78, 5) is 0. The monoisotopic (exact) mass is 252 g/mol. The van der Waals surface area contributed by atoms with Gasteiger partial charge in [-0.25, -0.2) is 8.42 Å². The predicted molar refractivity (Wildman–Crippen MR) is 67.4 cm³/mol. The van der Waals surface area contributed by atoms with Crippen molar-refractivity contribution >= 4 is 15.7 Å². The quantitative estimate of drug-likeness (QED) is 0.849. The molecule has 1 atom stereocenters. The van der Waals surface area contributed by atoms with Gasteiger partial charge in [0.25, 0.3) is 0 Å². The zero-order valence-corrected chi connectivity index (χ0v) is 10.4. The van der Waals surface area contributed by atoms with E-state index in [9.17, 15) is 8.42 Å². The second-order valence-electron chi connectivity index (χ2n) is 4.87. The van der Waals surface area contributed by atoms with Crippen LogP contribution in [0.25, 0.3) is 0 Å². The van der Waals surface area contributed by atoms with Crippen molar-refractivity contribution in [2.45, 2.75) is 30.6 Å². The molecule has 1 heterocycles. The number of para-hydroxylation sites is 1. The van der Waals surface area contributed by atoms with E-state index < -0.39 is 10.0 Å². The van der Waals surface area contributed by atoms with Crippen molar-refractivity contribution in [2.75, 3.05) is 10.8 Å². The summed E-state index contributed by atoms with van der Waals surface area (Å²) < 4.78 is 26.2. The number of hydrogen-bond donors (Lipinski definition) is 1. The van der Waals surface area contributed by atoms with Gasteiger partial charge in [0.2, 0.25) is 10.0 Å². The first-order valence-corrected chi connectivity index (χ1v) is 7.44. The lowest BCUT2D eigenvalue weighted by atomic mass is 10.0. The molecule has 1 aliphatic carbocycles. The molecule has 1 fully saturated rings. The lowest BCUT2D eigenvalue weighted by molar-refractivity contribution is 0.574. The molecule has 1 aromatic carbocycles. The lowest BCUT2D eigenvalue weighted by Gasteiger charge is -2.33. The molecule has 1 aliphatic heterocycles. The van der Waals surface area contributed by atoms with Gasteiger partial charge in [0.05, 0.1) is 10.9 Å². The fourth-order valence-corrected chi connectivity index (χ4v) is 4.32. The maximum absolute atomic E-state index is 12.3. The topological polar surface area (TPSA) is 63.4 Å². The summed E-state index contributed by atoms with van der Waals surface area (Å²) in [5.41, 5.74) is 7.81. The number of nitrogens with zero attached hydrogens (tertiary/aromatic N) is 1. The van der Waals surface area contributed by atoms with Crippen LogP contribution in [0.4, 0.5) is 5.69 Å². The van der Waals surface area contributed by atoms with Crippen LogP contribution in [0.15, 0.2) is 24.3 Å². The fourth-order valence-electron chi connectivity index (χ4n) is 2.37. The third-order valence-electron chi connectivity index (χ3n) is 3.40. The molecule has 0 bridgehead atoms. The van der Waals surface area contributed by atoms with E-state index in [1.165, 1.54) is 4.31 Å². The first kappa shape index (κ1) is 11.0. The van der Waals surface area contributed by atoms with Crippen LogP contribution in [0.1, 0.15) is 18.4 Å². The molecule has 1 unspecified atom stereocenters. The van der Waals surface area contributed by atoms with Crippen molar-refractivity contribution in [1.82, 2.24) is 0 Å². The van der Waals surface area contributed by atoms with Gasteiger partial charge in [-0.2, -0.15) is 0 Å². The first-order valence-electron chi connectivity index (χ1n) is 5.94. The van der Waals surface area contributed by atoms with E-state index in [0.29, 0.717) is 6.54 Å². The summed E-state index contributed by atoms with van der Waals surface area (Å²) in [5, 5.41) is -0.180. The first-order chi connectivity index (χ1) is 8.09. The molecule has 3 rings (SSSR count). The van der Waals surface area contributed by atoms with Crippen molar-refractivity contribution in [2.24, 2.45) is 5.73 Å². The van der Waals surface area contributed by atoms with E-state index in [2.05, 4.69) is 0 Å². The third-order valence-corrected chi connectivity index (χ3v) is 5.67. The smallest absolute Gasteiger partial charge is 0.238 e. The minimum absolute atomic E-state index is 0.0987. The van der Waals surface area contributed by atoms with E-state index in [-0.39, 0.29) is 11.3 Å². The molecular weight excluding hydrogens is 236 g/mol. The lowest BCUT2D eigenvalue weighted by Crippen LogP contribution is -2.47. The third kappa shape index (κ3) is 1.83. The number of fused-ring (bicyclic) bond motifs is 1. The van der Waals surface area contributed by atoms with Crippen molar-refractivity contribution in [3.8, 4) is 0 Å². The number of hydrogen-bond acceptors (Lipinski definition) is 3. The Morgan fingerprint density at radius 1 is 1.24 bits per heavy atom. The zero-order chi connectivity index (χ0) is 12.0. The molecule has 92 valence electrons. The standard InChI is InChI=1S/C12H16N2O2S/c13-10-7-9-3-1-2-4-12(9)14(8-10)17(15,16)11-5-6-11/h1-4,10-11H,5-8,13H2. The highest BCUT2D eigenvalue weighted by Crippen LogP contribution is 2.36. The Morgan fingerprint density at radius 3 is 2.65 bits per heavy atom. The highest BCUT2D eigenvalue weighted by molar-refractivity contribution is 7.93. The average molecular weight is 252 g/mol. The summed E-state index contributed by atoms with van der Waals surface area (Å²) in [7, 11) is -3.18. The summed E-state index contributed by atoms with van der Waals surface area (Å²) in [6.45, 7) is 0.413. The van der Waals surface area contributed by atoms with Crippen molar-refractivity contribution in [1.29, 1.82) is 0 Å². The molecule has 2 N–H and O–H groups in total. The Hall–Kier alpha value is -1.07. The number of rotatable bonds is 2. The SMILES string of the molecule is NC1Cc2ccccc2N(S(=O)(=O)C2CC2)C1. The maximum atomic E-state index is 12.3. The van der Waals surface area contributed by atoms with Crippen LogP contribution in [0.3, 0.4) is 0 Å². The average Bonchev–Trinajstić information content (AvgIpc) is 3.11. The van der Waals surface area contributed by atoms with Crippen LogP contribution < -0.4 is 10.0 Å². The fraction of sp³-hybridized carbons (Fsp3) is 0.500. The van der Waals surface area contributed by atoms with Crippen LogP contribution in [0.5, 0.6) is 0 Å². The van der Waals surface area contributed by atoms with E-state index in [4.69, 9.17) is 5.73 Å². The number of sulfonamides is 1. The van der Waals surface area contributed by atoms with Crippen molar-refractivity contribution in [3.05, 3.63) is 29.8 Å². The van der Waals surface area contributed by atoms with Gasteiger partial charge in [-0.05, 0) is 30.9 Å². The minimum Gasteiger partial charge on any atom is -0.326 e. The number of anilines is 1. The Labute approximate surface area is 101 Å².